The van der Waals surface area contributed by atoms with Gasteiger partial charge in [0, 0.05) is 5.69 Å². The molecule has 0 spiro atoms. The molecule has 37 heavy (non-hydrogen) atoms. The SMILES string of the molecule is CCCCOC(=O)c1ccc(NC(=O)COC(=O)c2ccc3c(c2)C(=O)N(Cc2ccco2)C3=O)cc1. The van der Waals surface area contributed by atoms with E-state index in [2.05, 4.69) is 5.32 Å². The van der Waals surface area contributed by atoms with Crippen LogP contribution in [0.25, 0.3) is 0 Å². The van der Waals surface area contributed by atoms with Crippen molar-refractivity contribution >= 4 is 35.3 Å². The first-order valence-corrected chi connectivity index (χ1v) is 11.6. The lowest BCUT2D eigenvalue weighted by molar-refractivity contribution is -0.119. The minimum absolute atomic E-state index is 0.0264. The molecule has 0 atom stereocenters. The molecule has 4 rings (SSSR count). The predicted octanol–water partition coefficient (Wildman–Crippen LogP) is 3.83. The quantitative estimate of drug-likeness (QED) is 0.250. The van der Waals surface area contributed by atoms with E-state index in [0.29, 0.717) is 23.6 Å². The Kier molecular flexibility index (Phi) is 7.77. The Morgan fingerprint density at radius 1 is 0.892 bits per heavy atom. The van der Waals surface area contributed by atoms with E-state index in [1.54, 1.807) is 12.1 Å². The zero-order valence-electron chi connectivity index (χ0n) is 20.0. The third-order valence-corrected chi connectivity index (χ3v) is 5.57. The van der Waals surface area contributed by atoms with E-state index in [0.717, 1.165) is 17.7 Å². The lowest BCUT2D eigenvalue weighted by Gasteiger charge is -2.11. The summed E-state index contributed by atoms with van der Waals surface area (Å²) < 4.78 is 15.4. The molecular weight excluding hydrogens is 480 g/mol. The topological polar surface area (TPSA) is 132 Å². The first-order valence-electron chi connectivity index (χ1n) is 11.6. The molecule has 2 heterocycles. The summed E-state index contributed by atoms with van der Waals surface area (Å²) >= 11 is 0. The van der Waals surface area contributed by atoms with Gasteiger partial charge in [-0.1, -0.05) is 13.3 Å². The summed E-state index contributed by atoms with van der Waals surface area (Å²) in [4.78, 5) is 63.0. The molecule has 0 saturated carbocycles. The zero-order valence-corrected chi connectivity index (χ0v) is 20.0. The molecule has 2 aromatic carbocycles. The number of hydrogen-bond acceptors (Lipinski definition) is 8. The molecule has 1 aliphatic rings. The van der Waals surface area contributed by atoms with E-state index in [9.17, 15) is 24.0 Å². The van der Waals surface area contributed by atoms with Crippen LogP contribution in [0.2, 0.25) is 0 Å². The number of nitrogens with one attached hydrogen (secondary N) is 1. The van der Waals surface area contributed by atoms with Crippen LogP contribution in [0.3, 0.4) is 0 Å². The highest BCUT2D eigenvalue weighted by molar-refractivity contribution is 6.21. The van der Waals surface area contributed by atoms with Gasteiger partial charge < -0.3 is 19.2 Å². The van der Waals surface area contributed by atoms with E-state index < -0.39 is 36.3 Å². The maximum Gasteiger partial charge on any atom is 0.338 e. The van der Waals surface area contributed by atoms with Gasteiger partial charge in [0.1, 0.15) is 5.76 Å². The highest BCUT2D eigenvalue weighted by atomic mass is 16.5. The molecule has 0 saturated heterocycles. The van der Waals surface area contributed by atoms with Gasteiger partial charge >= 0.3 is 11.9 Å². The standard InChI is InChI=1S/C27H24N2O8/c1-2-3-12-36-26(33)17-6-9-19(10-7-17)28-23(30)16-37-27(34)18-8-11-21-22(14-18)25(32)29(24(21)31)15-20-5-4-13-35-20/h4-11,13-14H,2-3,12,15-16H2,1H3,(H,28,30). The second-order valence-corrected chi connectivity index (χ2v) is 8.23. The van der Waals surface area contributed by atoms with Crippen molar-refractivity contribution in [3.05, 3.63) is 88.9 Å². The minimum Gasteiger partial charge on any atom is -0.467 e. The molecule has 1 aliphatic heterocycles. The number of ether oxygens (including phenoxy) is 2. The number of amides is 3. The van der Waals surface area contributed by atoms with E-state index >= 15 is 0 Å². The molecule has 0 fully saturated rings. The Morgan fingerprint density at radius 2 is 1.59 bits per heavy atom. The molecule has 1 N–H and O–H groups in total. The Labute approximate surface area is 212 Å². The van der Waals surface area contributed by atoms with Gasteiger partial charge in [-0.2, -0.15) is 0 Å². The molecule has 1 aromatic heterocycles. The number of hydrogen-bond donors (Lipinski definition) is 1. The van der Waals surface area contributed by atoms with Crippen molar-refractivity contribution in [3.8, 4) is 0 Å². The molecule has 0 aliphatic carbocycles. The van der Waals surface area contributed by atoms with Crippen LogP contribution in [-0.2, 0) is 20.8 Å². The number of carbonyl (C=O) groups is 5. The number of esters is 2. The van der Waals surface area contributed by atoms with Gasteiger partial charge in [-0.15, -0.1) is 0 Å². The zero-order chi connectivity index (χ0) is 26.4. The number of furan rings is 1. The van der Waals surface area contributed by atoms with Crippen LogP contribution in [0.5, 0.6) is 0 Å². The number of imide groups is 1. The number of benzene rings is 2. The first-order chi connectivity index (χ1) is 17.9. The number of carbonyl (C=O) groups excluding carboxylic acids is 5. The Hall–Kier alpha value is -4.73. The van der Waals surface area contributed by atoms with Crippen molar-refractivity contribution in [2.75, 3.05) is 18.5 Å². The van der Waals surface area contributed by atoms with Crippen molar-refractivity contribution in [2.24, 2.45) is 0 Å². The molecule has 0 radical (unpaired) electrons. The molecule has 0 bridgehead atoms. The van der Waals surface area contributed by atoms with Crippen LogP contribution < -0.4 is 5.32 Å². The lowest BCUT2D eigenvalue weighted by atomic mass is 10.1. The summed E-state index contributed by atoms with van der Waals surface area (Å²) in [7, 11) is 0. The summed E-state index contributed by atoms with van der Waals surface area (Å²) in [5.74, 6) is -2.46. The molecule has 10 heteroatoms. The van der Waals surface area contributed by atoms with Crippen LogP contribution in [0, 0.1) is 0 Å². The van der Waals surface area contributed by atoms with E-state index in [4.69, 9.17) is 13.9 Å². The normalized spacial score (nSPS) is 12.3. The van der Waals surface area contributed by atoms with Gasteiger partial charge in [0.05, 0.1) is 41.7 Å². The van der Waals surface area contributed by atoms with Crippen molar-refractivity contribution < 1.29 is 37.9 Å². The number of fused-ring (bicyclic) bond motifs is 1. The second kappa shape index (κ2) is 11.3. The van der Waals surface area contributed by atoms with Gasteiger partial charge in [-0.25, -0.2) is 9.59 Å². The highest BCUT2D eigenvalue weighted by Gasteiger charge is 2.36. The predicted molar refractivity (Wildman–Crippen MR) is 130 cm³/mol. The highest BCUT2D eigenvalue weighted by Crippen LogP contribution is 2.26. The number of rotatable bonds is 10. The molecule has 0 unspecified atom stereocenters. The van der Waals surface area contributed by atoms with Gasteiger partial charge in [0.25, 0.3) is 17.7 Å². The monoisotopic (exact) mass is 504 g/mol. The fraction of sp³-hybridized carbons (Fsp3) is 0.222. The van der Waals surface area contributed by atoms with Crippen molar-refractivity contribution in [3.63, 3.8) is 0 Å². The van der Waals surface area contributed by atoms with E-state index in [-0.39, 0.29) is 23.2 Å². The minimum atomic E-state index is -0.826. The second-order valence-electron chi connectivity index (χ2n) is 8.23. The first kappa shape index (κ1) is 25.4. The molecule has 10 nitrogen and oxygen atoms in total. The van der Waals surface area contributed by atoms with Crippen LogP contribution in [-0.4, -0.2) is 47.8 Å². The van der Waals surface area contributed by atoms with Crippen molar-refractivity contribution in [1.82, 2.24) is 4.90 Å². The fourth-order valence-electron chi connectivity index (χ4n) is 3.61. The summed E-state index contributed by atoms with van der Waals surface area (Å²) in [6, 6.07) is 13.4. The van der Waals surface area contributed by atoms with Crippen LogP contribution >= 0.6 is 0 Å². The maximum atomic E-state index is 12.7. The smallest absolute Gasteiger partial charge is 0.338 e. The number of nitrogens with zero attached hydrogens (tertiary/aromatic N) is 1. The molecular formula is C27H24N2O8. The number of unbranched alkanes of at least 4 members (excludes halogenated alkanes) is 1. The Morgan fingerprint density at radius 3 is 2.30 bits per heavy atom. The van der Waals surface area contributed by atoms with Crippen LogP contribution in [0.4, 0.5) is 5.69 Å². The van der Waals surface area contributed by atoms with Crippen LogP contribution in [0.1, 0.15) is 67.0 Å². The summed E-state index contributed by atoms with van der Waals surface area (Å²) in [6.07, 6.45) is 3.14. The van der Waals surface area contributed by atoms with Gasteiger partial charge in [-0.3, -0.25) is 19.3 Å². The summed E-state index contributed by atoms with van der Waals surface area (Å²) in [5, 5.41) is 2.57. The van der Waals surface area contributed by atoms with Gasteiger partial charge in [-0.05, 0) is 61.0 Å². The Bertz CT molecular complexity index is 1330. The molecule has 3 aromatic rings. The van der Waals surface area contributed by atoms with Crippen LogP contribution in [0.15, 0.2) is 65.3 Å². The molecule has 190 valence electrons. The fourth-order valence-corrected chi connectivity index (χ4v) is 3.61. The summed E-state index contributed by atoms with van der Waals surface area (Å²) in [5.41, 5.74) is 1.03. The van der Waals surface area contributed by atoms with Crippen molar-refractivity contribution in [1.29, 1.82) is 0 Å². The van der Waals surface area contributed by atoms with E-state index in [1.165, 1.54) is 48.7 Å². The van der Waals surface area contributed by atoms with Gasteiger partial charge in [0.15, 0.2) is 6.61 Å². The van der Waals surface area contributed by atoms with Crippen molar-refractivity contribution in [2.45, 2.75) is 26.3 Å². The lowest BCUT2D eigenvalue weighted by Crippen LogP contribution is -2.28. The summed E-state index contributed by atoms with van der Waals surface area (Å²) in [6.45, 7) is 1.74. The van der Waals surface area contributed by atoms with E-state index in [1.807, 2.05) is 6.92 Å². The number of anilines is 1. The molecule has 3 amide bonds. The maximum absolute atomic E-state index is 12.7. The largest absolute Gasteiger partial charge is 0.467 e. The Balaban J connectivity index is 1.30. The third kappa shape index (κ3) is 5.92. The average Bonchev–Trinajstić information content (AvgIpc) is 3.50. The average molecular weight is 504 g/mol. The third-order valence-electron chi connectivity index (χ3n) is 5.57. The van der Waals surface area contributed by atoms with Gasteiger partial charge in [0.2, 0.25) is 0 Å².